The molecule has 1 unspecified atom stereocenters. The third-order valence-corrected chi connectivity index (χ3v) is 2.54. The lowest BCUT2D eigenvalue weighted by Gasteiger charge is -2.08. The molecule has 8 nitrogen and oxygen atoms in total. The predicted octanol–water partition coefficient (Wildman–Crippen LogP) is 1.55. The van der Waals surface area contributed by atoms with Crippen LogP contribution in [0.2, 0.25) is 0 Å². The van der Waals surface area contributed by atoms with Gasteiger partial charge >= 0.3 is 5.88 Å². The van der Waals surface area contributed by atoms with E-state index in [2.05, 4.69) is 5.32 Å². The average Bonchev–Trinajstić information content (AvgIpc) is 3.04. The van der Waals surface area contributed by atoms with Gasteiger partial charge < -0.3 is 19.3 Å². The Morgan fingerprint density at radius 2 is 2.15 bits per heavy atom. The molecule has 0 bridgehead atoms. The van der Waals surface area contributed by atoms with Crippen molar-refractivity contribution >= 4 is 11.8 Å². The van der Waals surface area contributed by atoms with Crippen LogP contribution in [-0.4, -0.2) is 22.5 Å². The lowest BCUT2D eigenvalue weighted by atomic mass is 10.2. The molecule has 0 saturated carbocycles. The number of nitrogens with zero attached hydrogens (tertiary/aromatic N) is 1. The molecule has 0 radical (unpaired) electrons. The number of amides is 1. The SMILES string of the molecule is Cc1ccc(C(O)CNC(=O)c2ccc([N+](=O)[O-])o2)o1. The number of aryl methyl sites for hydroxylation is 1. The summed E-state index contributed by atoms with van der Waals surface area (Å²) in [5.74, 6) is -0.391. The third kappa shape index (κ3) is 3.04. The van der Waals surface area contributed by atoms with E-state index in [0.717, 1.165) is 6.07 Å². The summed E-state index contributed by atoms with van der Waals surface area (Å²) in [5.41, 5.74) is 0. The maximum atomic E-state index is 11.7. The van der Waals surface area contributed by atoms with E-state index in [9.17, 15) is 20.0 Å². The number of carbonyl (C=O) groups excluding carboxylic acids is 1. The molecule has 0 saturated heterocycles. The fourth-order valence-corrected chi connectivity index (χ4v) is 1.56. The van der Waals surface area contributed by atoms with E-state index in [-0.39, 0.29) is 12.3 Å². The molecule has 0 aromatic carbocycles. The Labute approximate surface area is 113 Å². The van der Waals surface area contributed by atoms with Crippen molar-refractivity contribution in [1.29, 1.82) is 0 Å². The van der Waals surface area contributed by atoms with Crippen molar-refractivity contribution in [3.05, 3.63) is 51.7 Å². The molecule has 0 aliphatic heterocycles. The van der Waals surface area contributed by atoms with Crippen LogP contribution in [0.3, 0.4) is 0 Å². The van der Waals surface area contributed by atoms with Crippen molar-refractivity contribution in [2.45, 2.75) is 13.0 Å². The van der Waals surface area contributed by atoms with Crippen LogP contribution in [0.5, 0.6) is 0 Å². The second kappa shape index (κ2) is 5.57. The van der Waals surface area contributed by atoms with Crippen LogP contribution >= 0.6 is 0 Å². The molecule has 2 heterocycles. The summed E-state index contributed by atoms with van der Waals surface area (Å²) >= 11 is 0. The predicted molar refractivity (Wildman–Crippen MR) is 66.1 cm³/mol. The Bertz CT molecular complexity index is 629. The van der Waals surface area contributed by atoms with Crippen molar-refractivity contribution < 1.29 is 23.7 Å². The lowest BCUT2D eigenvalue weighted by molar-refractivity contribution is -0.402. The second-order valence-electron chi connectivity index (χ2n) is 4.07. The minimum atomic E-state index is -1.00. The number of nitrogens with one attached hydrogen (secondary N) is 1. The molecule has 8 heteroatoms. The molecule has 1 atom stereocenters. The van der Waals surface area contributed by atoms with Gasteiger partial charge in [0.2, 0.25) is 0 Å². The Hall–Kier alpha value is -2.61. The molecule has 20 heavy (non-hydrogen) atoms. The first-order valence-corrected chi connectivity index (χ1v) is 5.74. The number of hydrogen-bond acceptors (Lipinski definition) is 6. The first-order chi connectivity index (χ1) is 9.47. The maximum absolute atomic E-state index is 11.7. The number of hydrogen-bond donors (Lipinski definition) is 2. The Morgan fingerprint density at radius 3 is 2.70 bits per heavy atom. The highest BCUT2D eigenvalue weighted by molar-refractivity contribution is 5.91. The minimum Gasteiger partial charge on any atom is -0.464 e. The van der Waals surface area contributed by atoms with Crippen LogP contribution in [0.25, 0.3) is 0 Å². The summed E-state index contributed by atoms with van der Waals surface area (Å²) in [4.78, 5) is 21.3. The van der Waals surface area contributed by atoms with Crippen molar-refractivity contribution in [3.63, 3.8) is 0 Å². The maximum Gasteiger partial charge on any atom is 0.433 e. The van der Waals surface area contributed by atoms with E-state index in [1.54, 1.807) is 19.1 Å². The van der Waals surface area contributed by atoms with E-state index in [0.29, 0.717) is 11.5 Å². The molecule has 0 fully saturated rings. The van der Waals surface area contributed by atoms with E-state index in [1.165, 1.54) is 6.07 Å². The van der Waals surface area contributed by atoms with Gasteiger partial charge in [-0.1, -0.05) is 0 Å². The average molecular weight is 280 g/mol. The van der Waals surface area contributed by atoms with Crippen LogP contribution in [0.15, 0.2) is 33.1 Å². The van der Waals surface area contributed by atoms with Gasteiger partial charge in [0, 0.05) is 0 Å². The zero-order chi connectivity index (χ0) is 14.7. The number of nitro groups is 1. The monoisotopic (exact) mass is 280 g/mol. The third-order valence-electron chi connectivity index (χ3n) is 2.54. The van der Waals surface area contributed by atoms with Gasteiger partial charge in [-0.2, -0.15) is 0 Å². The summed E-state index contributed by atoms with van der Waals surface area (Å²) in [6.45, 7) is 1.64. The van der Waals surface area contributed by atoms with Crippen molar-refractivity contribution in [2.75, 3.05) is 6.54 Å². The Balaban J connectivity index is 1.93. The summed E-state index contributed by atoms with van der Waals surface area (Å²) in [6.07, 6.45) is -1.00. The molecule has 2 aromatic rings. The van der Waals surface area contributed by atoms with Gasteiger partial charge in [0.1, 0.15) is 22.5 Å². The Morgan fingerprint density at radius 1 is 1.40 bits per heavy atom. The first-order valence-electron chi connectivity index (χ1n) is 5.74. The molecule has 0 aliphatic carbocycles. The molecular formula is C12H12N2O6. The van der Waals surface area contributed by atoms with Crippen molar-refractivity contribution in [1.82, 2.24) is 5.32 Å². The molecule has 2 N–H and O–H groups in total. The van der Waals surface area contributed by atoms with Crippen molar-refractivity contribution in [3.8, 4) is 0 Å². The number of aliphatic hydroxyl groups is 1. The lowest BCUT2D eigenvalue weighted by Crippen LogP contribution is -2.27. The van der Waals surface area contributed by atoms with Crippen LogP contribution < -0.4 is 5.32 Å². The number of carbonyl (C=O) groups is 1. The molecule has 1 amide bonds. The van der Waals surface area contributed by atoms with Gasteiger partial charge in [0.25, 0.3) is 5.91 Å². The van der Waals surface area contributed by atoms with Crippen LogP contribution in [-0.2, 0) is 0 Å². The molecule has 2 rings (SSSR count). The van der Waals surface area contributed by atoms with Crippen LogP contribution in [0, 0.1) is 17.0 Å². The number of aliphatic hydroxyl groups excluding tert-OH is 1. The molecular weight excluding hydrogens is 268 g/mol. The highest BCUT2D eigenvalue weighted by atomic mass is 16.6. The van der Waals surface area contributed by atoms with Crippen LogP contribution in [0.4, 0.5) is 5.88 Å². The molecule has 106 valence electrons. The zero-order valence-corrected chi connectivity index (χ0v) is 10.5. The summed E-state index contributed by atoms with van der Waals surface area (Å²) in [6, 6.07) is 5.57. The van der Waals surface area contributed by atoms with Crippen molar-refractivity contribution in [2.24, 2.45) is 0 Å². The minimum absolute atomic E-state index is 0.0969. The molecule has 2 aromatic heterocycles. The van der Waals surface area contributed by atoms with Gasteiger partial charge in [0.05, 0.1) is 12.6 Å². The number of rotatable bonds is 5. The van der Waals surface area contributed by atoms with Gasteiger partial charge in [-0.15, -0.1) is 0 Å². The normalized spacial score (nSPS) is 12.1. The Kier molecular flexibility index (Phi) is 3.85. The van der Waals surface area contributed by atoms with Gasteiger partial charge in [-0.05, 0) is 25.1 Å². The van der Waals surface area contributed by atoms with Crippen LogP contribution in [0.1, 0.15) is 28.2 Å². The first kappa shape index (κ1) is 13.8. The van der Waals surface area contributed by atoms with E-state index in [1.807, 2.05) is 0 Å². The highest BCUT2D eigenvalue weighted by Crippen LogP contribution is 2.17. The van der Waals surface area contributed by atoms with E-state index < -0.39 is 22.8 Å². The topological polar surface area (TPSA) is 119 Å². The number of furan rings is 2. The zero-order valence-electron chi connectivity index (χ0n) is 10.5. The van der Waals surface area contributed by atoms with E-state index >= 15 is 0 Å². The van der Waals surface area contributed by atoms with Gasteiger partial charge in [-0.3, -0.25) is 14.9 Å². The molecule has 0 aliphatic rings. The van der Waals surface area contributed by atoms with Gasteiger partial charge in [0.15, 0.2) is 5.76 Å². The molecule has 0 spiro atoms. The standard InChI is InChI=1S/C12H12N2O6/c1-7-2-3-9(19-7)8(15)6-13-12(16)10-4-5-11(20-10)14(17)18/h2-5,8,15H,6H2,1H3,(H,13,16). The van der Waals surface area contributed by atoms with E-state index in [4.69, 9.17) is 8.83 Å². The fraction of sp³-hybridized carbons (Fsp3) is 0.250. The highest BCUT2D eigenvalue weighted by Gasteiger charge is 2.19. The summed E-state index contributed by atoms with van der Waals surface area (Å²) in [5, 5.41) is 22.6. The largest absolute Gasteiger partial charge is 0.464 e. The fourth-order valence-electron chi connectivity index (χ4n) is 1.56. The quantitative estimate of drug-likeness (QED) is 0.633. The van der Waals surface area contributed by atoms with Gasteiger partial charge in [-0.25, -0.2) is 0 Å². The summed E-state index contributed by atoms with van der Waals surface area (Å²) in [7, 11) is 0. The smallest absolute Gasteiger partial charge is 0.433 e. The summed E-state index contributed by atoms with van der Waals surface area (Å²) < 4.78 is 9.94. The second-order valence-corrected chi connectivity index (χ2v) is 4.07.